The lowest BCUT2D eigenvalue weighted by atomic mass is 10.00. The molecule has 10 nitrogen and oxygen atoms in total. The summed E-state index contributed by atoms with van der Waals surface area (Å²) >= 11 is 4.40. The maximum absolute atomic E-state index is 12.4. The predicted octanol–water partition coefficient (Wildman–Crippen LogP) is 0.922. The van der Waals surface area contributed by atoms with Gasteiger partial charge in [-0.2, -0.15) is 0 Å². The van der Waals surface area contributed by atoms with Crippen LogP contribution in [0.4, 0.5) is 0 Å². The first-order chi connectivity index (χ1) is 12.3. The summed E-state index contributed by atoms with van der Waals surface area (Å²) in [6, 6.07) is 0. The van der Waals surface area contributed by atoms with Crippen molar-refractivity contribution in [1.29, 1.82) is 0 Å². The van der Waals surface area contributed by atoms with Gasteiger partial charge in [-0.05, 0) is 25.7 Å². The van der Waals surface area contributed by atoms with Crippen molar-refractivity contribution in [2.45, 2.75) is 64.3 Å². The van der Waals surface area contributed by atoms with Gasteiger partial charge in [-0.3, -0.25) is 9.05 Å². The Hall–Kier alpha value is 0.520. The van der Waals surface area contributed by atoms with E-state index in [9.17, 15) is 24.4 Å². The van der Waals surface area contributed by atoms with Crippen LogP contribution in [-0.2, 0) is 39.4 Å². The molecule has 0 aromatic heterocycles. The normalized spacial score (nSPS) is 42.4. The second-order valence-corrected chi connectivity index (χ2v) is 11.2. The third-order valence-corrected chi connectivity index (χ3v) is 6.91. The Labute approximate surface area is 163 Å². The zero-order valence-electron chi connectivity index (χ0n) is 15.6. The summed E-state index contributed by atoms with van der Waals surface area (Å²) in [4.78, 5) is 28.5. The minimum absolute atomic E-state index is 0.123. The van der Waals surface area contributed by atoms with E-state index in [0.29, 0.717) is 0 Å². The molecule has 2 saturated heterocycles. The van der Waals surface area contributed by atoms with Gasteiger partial charge in [0, 0.05) is 11.8 Å². The largest absolute Gasteiger partial charge is 0.472 e. The highest BCUT2D eigenvalue weighted by Gasteiger charge is 2.46. The van der Waals surface area contributed by atoms with Crippen molar-refractivity contribution in [3.05, 3.63) is 0 Å². The van der Waals surface area contributed by atoms with E-state index in [1.165, 1.54) is 0 Å². The van der Waals surface area contributed by atoms with Gasteiger partial charge in [0.15, 0.2) is 0 Å². The molecule has 2 rings (SSSR count). The third kappa shape index (κ3) is 6.50. The molecule has 0 bridgehead atoms. The van der Waals surface area contributed by atoms with Crippen LogP contribution in [0.5, 0.6) is 0 Å². The fourth-order valence-corrected chi connectivity index (χ4v) is 4.69. The second kappa shape index (κ2) is 9.12. The van der Waals surface area contributed by atoms with Gasteiger partial charge < -0.3 is 33.8 Å². The molecule has 160 valence electrons. The minimum atomic E-state index is -4.49. The van der Waals surface area contributed by atoms with Crippen LogP contribution in [0, 0.1) is 11.8 Å². The smallest absolute Gasteiger partial charge is 0.390 e. The van der Waals surface area contributed by atoms with Gasteiger partial charge in [0.2, 0.25) is 0 Å². The Morgan fingerprint density at radius 2 is 1.44 bits per heavy atom. The first-order valence-electron chi connectivity index (χ1n) is 8.65. The Morgan fingerprint density at radius 1 is 0.926 bits per heavy atom. The van der Waals surface area contributed by atoms with Crippen LogP contribution < -0.4 is 0 Å². The van der Waals surface area contributed by atoms with Gasteiger partial charge in [0.05, 0.1) is 31.5 Å². The number of hydrogen-bond donors (Lipinski definition) is 4. The fraction of sp³-hybridized carbons (Fsp3) is 1.00. The van der Waals surface area contributed by atoms with Crippen molar-refractivity contribution >= 4 is 26.3 Å². The standard InChI is InChI=1S/C14H28O10P2S/c1-7-9(3)22-11(13(7)15)5-20-25(16,17)24-14-8(2)10(4)23-12(14)6-21-26(18,19)27/h7-15H,5-6H2,1-4H3,(H,16,17)(H2,18,19,27)/t7-,8-,9-,10-,11+,12+,13-,14-/m0/s1. The van der Waals surface area contributed by atoms with Gasteiger partial charge in [0.1, 0.15) is 18.3 Å². The molecule has 0 aliphatic carbocycles. The third-order valence-electron chi connectivity index (χ3n) is 5.13. The van der Waals surface area contributed by atoms with Crippen molar-refractivity contribution in [2.75, 3.05) is 13.2 Å². The first-order valence-corrected chi connectivity index (χ1v) is 12.8. The molecular weight excluding hydrogens is 422 g/mol. The van der Waals surface area contributed by atoms with Gasteiger partial charge in [0.25, 0.3) is 0 Å². The van der Waals surface area contributed by atoms with E-state index in [2.05, 4.69) is 11.8 Å². The van der Waals surface area contributed by atoms with Crippen molar-refractivity contribution in [2.24, 2.45) is 11.8 Å². The molecule has 9 atom stereocenters. The molecule has 2 aliphatic rings. The van der Waals surface area contributed by atoms with Gasteiger partial charge in [-0.15, -0.1) is 0 Å². The highest BCUT2D eigenvalue weighted by Crippen LogP contribution is 2.49. The first kappa shape index (κ1) is 23.8. The molecule has 2 heterocycles. The van der Waals surface area contributed by atoms with Crippen LogP contribution in [-0.4, -0.2) is 69.6 Å². The fourth-order valence-electron chi connectivity index (χ4n) is 3.14. The summed E-state index contributed by atoms with van der Waals surface area (Å²) in [5.41, 5.74) is 0. The molecule has 2 fully saturated rings. The van der Waals surface area contributed by atoms with E-state index in [1.807, 2.05) is 6.92 Å². The minimum Gasteiger partial charge on any atom is -0.390 e. The molecule has 13 heteroatoms. The van der Waals surface area contributed by atoms with E-state index in [4.69, 9.17) is 23.0 Å². The number of aliphatic hydroxyl groups excluding tert-OH is 1. The van der Waals surface area contributed by atoms with E-state index in [-0.39, 0.29) is 37.3 Å². The highest BCUT2D eigenvalue weighted by molar-refractivity contribution is 8.06. The van der Waals surface area contributed by atoms with Gasteiger partial charge >= 0.3 is 14.5 Å². The van der Waals surface area contributed by atoms with Crippen LogP contribution in [0.3, 0.4) is 0 Å². The summed E-state index contributed by atoms with van der Waals surface area (Å²) in [5.74, 6) is -0.409. The molecule has 0 amide bonds. The zero-order valence-corrected chi connectivity index (χ0v) is 18.2. The van der Waals surface area contributed by atoms with E-state index in [0.717, 1.165) is 0 Å². The van der Waals surface area contributed by atoms with Crippen LogP contribution in [0.25, 0.3) is 0 Å². The SMILES string of the molecule is C[C@@H]1[C@H](O)[C@@H](COP(=O)(O)O[C@H]2[C@@H](C)[C@H](C)O[C@@H]2COP(O)(O)=S)O[C@H]1C. The number of phosphoric ester groups is 1. The van der Waals surface area contributed by atoms with Crippen LogP contribution in [0.1, 0.15) is 27.7 Å². The quantitative estimate of drug-likeness (QED) is 0.392. The molecule has 0 spiro atoms. The average molecular weight is 450 g/mol. The Balaban J connectivity index is 1.95. The predicted molar refractivity (Wildman–Crippen MR) is 98.3 cm³/mol. The molecule has 27 heavy (non-hydrogen) atoms. The van der Waals surface area contributed by atoms with Crippen LogP contribution >= 0.6 is 14.5 Å². The monoisotopic (exact) mass is 450 g/mol. The summed E-state index contributed by atoms with van der Waals surface area (Å²) in [6.07, 6.45) is -3.77. The molecule has 2 aliphatic heterocycles. The Bertz CT molecular complexity index is 600. The number of rotatable bonds is 8. The second-order valence-electron chi connectivity index (χ2n) is 7.09. The van der Waals surface area contributed by atoms with E-state index in [1.54, 1.807) is 20.8 Å². The van der Waals surface area contributed by atoms with Crippen LogP contribution in [0.15, 0.2) is 0 Å². The summed E-state index contributed by atoms with van der Waals surface area (Å²) in [7, 11) is -4.49. The van der Waals surface area contributed by atoms with E-state index < -0.39 is 39.0 Å². The highest BCUT2D eigenvalue weighted by atomic mass is 32.5. The molecule has 0 aromatic rings. The summed E-state index contributed by atoms with van der Waals surface area (Å²) in [6.45, 7) is 2.63. The Morgan fingerprint density at radius 3 is 1.96 bits per heavy atom. The van der Waals surface area contributed by atoms with E-state index >= 15 is 0 Å². The molecule has 4 N–H and O–H groups in total. The van der Waals surface area contributed by atoms with Crippen molar-refractivity contribution in [3.8, 4) is 0 Å². The lowest BCUT2D eigenvalue weighted by molar-refractivity contribution is -0.0338. The van der Waals surface area contributed by atoms with Gasteiger partial charge in [-0.25, -0.2) is 4.57 Å². The molecule has 1 unspecified atom stereocenters. The summed E-state index contributed by atoms with van der Waals surface area (Å²) in [5, 5.41) is 10.1. The van der Waals surface area contributed by atoms with Crippen LogP contribution in [0.2, 0.25) is 0 Å². The number of ether oxygens (including phenoxy) is 2. The zero-order chi connectivity index (χ0) is 20.6. The topological polar surface area (TPSA) is 144 Å². The number of aliphatic hydroxyl groups is 1. The van der Waals surface area contributed by atoms with Crippen molar-refractivity contribution in [1.82, 2.24) is 0 Å². The lowest BCUT2D eigenvalue weighted by Gasteiger charge is -2.25. The molecule has 0 radical (unpaired) electrons. The molecule has 0 aromatic carbocycles. The average Bonchev–Trinajstić information content (AvgIpc) is 2.95. The maximum atomic E-state index is 12.4. The maximum Gasteiger partial charge on any atom is 0.472 e. The number of hydrogen-bond acceptors (Lipinski definition) is 8. The van der Waals surface area contributed by atoms with Crippen molar-refractivity contribution in [3.63, 3.8) is 0 Å². The van der Waals surface area contributed by atoms with Crippen molar-refractivity contribution < 1.29 is 47.4 Å². The Kier molecular flexibility index (Phi) is 8.04. The molecule has 0 saturated carbocycles. The molecular formula is C14H28O10P2S. The number of phosphoric acid groups is 1. The lowest BCUT2D eigenvalue weighted by Crippen LogP contribution is -2.33. The summed E-state index contributed by atoms with van der Waals surface area (Å²) < 4.78 is 38.6. The van der Waals surface area contributed by atoms with Gasteiger partial charge in [-0.1, -0.05) is 13.8 Å².